The number of ketones is 1. The Bertz CT molecular complexity index is 953. The van der Waals surface area contributed by atoms with Crippen LogP contribution in [0, 0.1) is 0 Å². The topological polar surface area (TPSA) is 108 Å². The van der Waals surface area contributed by atoms with Crippen LogP contribution in [0.4, 0.5) is 5.69 Å². The zero-order valence-electron chi connectivity index (χ0n) is 15.7. The smallest absolute Gasteiger partial charge is 0.338 e. The standard InChI is InChI=1S/C19H21NO7S/c1-4-26-17-10-7-14(11-18(17)25-2)19(22)27-12-16(21)13-5-8-15(9-6-13)20-28(3,23)24/h5-11,20H,4,12H2,1-3H3. The summed E-state index contributed by atoms with van der Waals surface area (Å²) in [6.07, 6.45) is 1.03. The second kappa shape index (κ2) is 9.23. The molecule has 0 radical (unpaired) electrons. The van der Waals surface area contributed by atoms with Crippen molar-refractivity contribution in [3.8, 4) is 11.5 Å². The third kappa shape index (κ3) is 5.98. The Balaban J connectivity index is 1.99. The van der Waals surface area contributed by atoms with Crippen LogP contribution in [0.1, 0.15) is 27.6 Å². The molecule has 0 aromatic heterocycles. The molecule has 0 aliphatic heterocycles. The molecular formula is C19H21NO7S. The van der Waals surface area contributed by atoms with Crippen LogP contribution in [0.5, 0.6) is 11.5 Å². The van der Waals surface area contributed by atoms with Gasteiger partial charge in [0, 0.05) is 11.3 Å². The van der Waals surface area contributed by atoms with Crippen LogP contribution in [0.15, 0.2) is 42.5 Å². The Morgan fingerprint density at radius 2 is 1.64 bits per heavy atom. The highest BCUT2D eigenvalue weighted by Crippen LogP contribution is 2.28. The molecule has 0 atom stereocenters. The first-order valence-corrected chi connectivity index (χ1v) is 10.2. The number of nitrogens with one attached hydrogen (secondary N) is 1. The van der Waals surface area contributed by atoms with Gasteiger partial charge in [0.2, 0.25) is 10.0 Å². The van der Waals surface area contributed by atoms with Gasteiger partial charge in [-0.25, -0.2) is 13.2 Å². The molecule has 2 rings (SSSR count). The van der Waals surface area contributed by atoms with Crippen molar-refractivity contribution in [3.05, 3.63) is 53.6 Å². The number of hydrogen-bond donors (Lipinski definition) is 1. The van der Waals surface area contributed by atoms with Gasteiger partial charge in [0.05, 0.1) is 25.5 Å². The van der Waals surface area contributed by atoms with E-state index in [1.165, 1.54) is 43.5 Å². The molecule has 28 heavy (non-hydrogen) atoms. The van der Waals surface area contributed by atoms with E-state index in [1.54, 1.807) is 6.07 Å². The summed E-state index contributed by atoms with van der Waals surface area (Å²) >= 11 is 0. The number of rotatable bonds is 9. The molecule has 0 spiro atoms. The highest BCUT2D eigenvalue weighted by molar-refractivity contribution is 7.92. The lowest BCUT2D eigenvalue weighted by Gasteiger charge is -2.11. The van der Waals surface area contributed by atoms with Crippen molar-refractivity contribution in [2.75, 3.05) is 31.3 Å². The summed E-state index contributed by atoms with van der Waals surface area (Å²) < 4.78 is 40.3. The van der Waals surface area contributed by atoms with Crippen LogP contribution in [0.3, 0.4) is 0 Å². The van der Waals surface area contributed by atoms with Gasteiger partial charge in [-0.15, -0.1) is 0 Å². The highest BCUT2D eigenvalue weighted by atomic mass is 32.2. The summed E-state index contributed by atoms with van der Waals surface area (Å²) in [5, 5.41) is 0. The molecule has 0 aliphatic rings. The highest BCUT2D eigenvalue weighted by Gasteiger charge is 2.15. The van der Waals surface area contributed by atoms with E-state index < -0.39 is 28.4 Å². The number of carbonyl (C=O) groups is 2. The number of methoxy groups -OCH3 is 1. The minimum Gasteiger partial charge on any atom is -0.493 e. The van der Waals surface area contributed by atoms with Gasteiger partial charge in [-0.1, -0.05) is 0 Å². The molecule has 2 aromatic carbocycles. The first kappa shape index (κ1) is 21.2. The number of anilines is 1. The summed E-state index contributed by atoms with van der Waals surface area (Å²) in [5.74, 6) is -0.209. The third-order valence-electron chi connectivity index (χ3n) is 3.54. The lowest BCUT2D eigenvalue weighted by atomic mass is 10.1. The fourth-order valence-corrected chi connectivity index (χ4v) is 2.87. The maximum absolute atomic E-state index is 12.2. The number of hydrogen-bond acceptors (Lipinski definition) is 7. The van der Waals surface area contributed by atoms with Crippen LogP contribution < -0.4 is 14.2 Å². The predicted molar refractivity (Wildman–Crippen MR) is 104 cm³/mol. The van der Waals surface area contributed by atoms with E-state index in [1.807, 2.05) is 6.92 Å². The summed E-state index contributed by atoms with van der Waals surface area (Å²) in [6, 6.07) is 10.4. The van der Waals surface area contributed by atoms with Crippen molar-refractivity contribution >= 4 is 27.5 Å². The van der Waals surface area contributed by atoms with Crippen molar-refractivity contribution in [1.82, 2.24) is 0 Å². The van der Waals surface area contributed by atoms with Crippen LogP contribution in [-0.4, -0.2) is 46.7 Å². The SMILES string of the molecule is CCOc1ccc(C(=O)OCC(=O)c2ccc(NS(C)(=O)=O)cc2)cc1OC. The molecule has 8 nitrogen and oxygen atoms in total. The van der Waals surface area contributed by atoms with E-state index in [0.717, 1.165) is 6.26 Å². The van der Waals surface area contributed by atoms with Gasteiger partial charge in [0.1, 0.15) is 0 Å². The summed E-state index contributed by atoms with van der Waals surface area (Å²) in [5.41, 5.74) is 0.842. The maximum atomic E-state index is 12.2. The molecule has 0 unspecified atom stereocenters. The molecule has 0 saturated carbocycles. The normalized spacial score (nSPS) is 10.8. The zero-order valence-corrected chi connectivity index (χ0v) is 16.5. The second-order valence-corrected chi connectivity index (χ2v) is 7.50. The van der Waals surface area contributed by atoms with Crippen LogP contribution >= 0.6 is 0 Å². The lowest BCUT2D eigenvalue weighted by Crippen LogP contribution is -2.15. The fourth-order valence-electron chi connectivity index (χ4n) is 2.31. The van der Waals surface area contributed by atoms with E-state index in [2.05, 4.69) is 4.72 Å². The Morgan fingerprint density at radius 1 is 1.00 bits per heavy atom. The van der Waals surface area contributed by atoms with Crippen molar-refractivity contribution in [1.29, 1.82) is 0 Å². The minimum atomic E-state index is -3.40. The summed E-state index contributed by atoms with van der Waals surface area (Å²) in [4.78, 5) is 24.4. The van der Waals surface area contributed by atoms with Gasteiger partial charge in [0.25, 0.3) is 0 Å². The van der Waals surface area contributed by atoms with E-state index >= 15 is 0 Å². The Labute approximate surface area is 163 Å². The third-order valence-corrected chi connectivity index (χ3v) is 4.15. The molecule has 2 aromatic rings. The van der Waals surface area contributed by atoms with Gasteiger partial charge in [-0.05, 0) is 49.4 Å². The summed E-state index contributed by atoms with van der Waals surface area (Å²) in [6.45, 7) is 1.83. The van der Waals surface area contributed by atoms with Gasteiger partial charge in [0.15, 0.2) is 23.9 Å². The molecule has 0 heterocycles. The molecule has 1 N–H and O–H groups in total. The second-order valence-electron chi connectivity index (χ2n) is 5.75. The first-order chi connectivity index (χ1) is 13.2. The van der Waals surface area contributed by atoms with Crippen LogP contribution in [0.2, 0.25) is 0 Å². The molecule has 150 valence electrons. The fraction of sp³-hybridized carbons (Fsp3) is 0.263. The average Bonchev–Trinajstić information content (AvgIpc) is 2.65. The van der Waals surface area contributed by atoms with Gasteiger partial charge in [-0.2, -0.15) is 0 Å². The number of Topliss-reactive ketones (excluding diaryl/α,β-unsaturated/α-hetero) is 1. The van der Waals surface area contributed by atoms with E-state index in [-0.39, 0.29) is 11.1 Å². The largest absolute Gasteiger partial charge is 0.493 e. The number of carbonyl (C=O) groups excluding carboxylic acids is 2. The predicted octanol–water partition coefficient (Wildman–Crippen LogP) is 2.51. The molecule has 0 amide bonds. The van der Waals surface area contributed by atoms with Crippen molar-refractivity contribution in [2.24, 2.45) is 0 Å². The zero-order chi connectivity index (χ0) is 20.7. The number of esters is 1. The maximum Gasteiger partial charge on any atom is 0.338 e. The lowest BCUT2D eigenvalue weighted by molar-refractivity contribution is 0.0474. The molecule has 9 heteroatoms. The van der Waals surface area contributed by atoms with Crippen LogP contribution in [-0.2, 0) is 14.8 Å². The van der Waals surface area contributed by atoms with Gasteiger partial charge in [-0.3, -0.25) is 9.52 Å². The Hall–Kier alpha value is -3.07. The first-order valence-electron chi connectivity index (χ1n) is 8.32. The van der Waals surface area contributed by atoms with Gasteiger partial charge < -0.3 is 14.2 Å². The molecule has 0 bridgehead atoms. The van der Waals surface area contributed by atoms with E-state index in [4.69, 9.17) is 14.2 Å². The number of benzene rings is 2. The Morgan fingerprint density at radius 3 is 2.21 bits per heavy atom. The minimum absolute atomic E-state index is 0.223. The Kier molecular flexibility index (Phi) is 7.00. The van der Waals surface area contributed by atoms with Gasteiger partial charge >= 0.3 is 5.97 Å². The van der Waals surface area contributed by atoms with E-state index in [0.29, 0.717) is 23.8 Å². The molecular weight excluding hydrogens is 386 g/mol. The number of ether oxygens (including phenoxy) is 3. The van der Waals surface area contributed by atoms with Crippen molar-refractivity contribution in [3.63, 3.8) is 0 Å². The van der Waals surface area contributed by atoms with Crippen molar-refractivity contribution in [2.45, 2.75) is 6.92 Å². The summed E-state index contributed by atoms with van der Waals surface area (Å²) in [7, 11) is -1.94. The molecule has 0 fully saturated rings. The average molecular weight is 407 g/mol. The molecule has 0 saturated heterocycles. The molecule has 0 aliphatic carbocycles. The van der Waals surface area contributed by atoms with Crippen molar-refractivity contribution < 1.29 is 32.2 Å². The number of sulfonamides is 1. The quantitative estimate of drug-likeness (QED) is 0.502. The van der Waals surface area contributed by atoms with E-state index in [9.17, 15) is 18.0 Å². The van der Waals surface area contributed by atoms with Crippen LogP contribution in [0.25, 0.3) is 0 Å². The monoisotopic (exact) mass is 407 g/mol.